The van der Waals surface area contributed by atoms with Gasteiger partial charge in [0.25, 0.3) is 0 Å². The predicted molar refractivity (Wildman–Crippen MR) is 212 cm³/mol. The van der Waals surface area contributed by atoms with E-state index in [0.29, 0.717) is 17.4 Å². The number of quaternary nitrogens is 1. The molecule has 1 amide bonds. The lowest BCUT2D eigenvalue weighted by atomic mass is 10.0. The number of carbonyl (C=O) groups is 1. The molecule has 0 aromatic heterocycles. The molecule has 3 atom stereocenters. The van der Waals surface area contributed by atoms with E-state index in [0.717, 1.165) is 51.4 Å². The van der Waals surface area contributed by atoms with Crippen LogP contribution in [0.5, 0.6) is 0 Å². The zero-order chi connectivity index (χ0) is 37.2. The number of hydrogen-bond acceptors (Lipinski definition) is 5. The second kappa shape index (κ2) is 33.8. The minimum absolute atomic E-state index is 0.0607. The number of phosphoric ester groups is 1. The van der Waals surface area contributed by atoms with Crippen molar-refractivity contribution >= 4 is 13.7 Å². The van der Waals surface area contributed by atoms with Crippen LogP contribution >= 0.6 is 7.82 Å². The molecule has 0 spiro atoms. The Balaban J connectivity index is 4.50. The van der Waals surface area contributed by atoms with Crippen LogP contribution in [0.1, 0.15) is 181 Å². The van der Waals surface area contributed by atoms with Gasteiger partial charge in [0.1, 0.15) is 13.2 Å². The van der Waals surface area contributed by atoms with Crippen molar-refractivity contribution in [1.29, 1.82) is 0 Å². The number of allylic oxidation sites excluding steroid dienone is 3. The minimum atomic E-state index is -4.33. The molecule has 0 aliphatic carbocycles. The van der Waals surface area contributed by atoms with Gasteiger partial charge in [0.05, 0.1) is 39.9 Å². The van der Waals surface area contributed by atoms with Crippen LogP contribution in [0.15, 0.2) is 24.3 Å². The van der Waals surface area contributed by atoms with Gasteiger partial charge >= 0.3 is 7.82 Å². The number of carbonyl (C=O) groups excluding carboxylic acids is 1. The first-order chi connectivity index (χ1) is 24.0. The average Bonchev–Trinajstić information content (AvgIpc) is 3.06. The summed E-state index contributed by atoms with van der Waals surface area (Å²) in [5.41, 5.74) is 0. The van der Waals surface area contributed by atoms with Gasteiger partial charge in [0.15, 0.2) is 0 Å². The summed E-state index contributed by atoms with van der Waals surface area (Å²) in [6.07, 6.45) is 38.0. The highest BCUT2D eigenvalue weighted by atomic mass is 31.2. The SMILES string of the molecule is CCCCCCC/C=C\CCCCCCCC(=O)N[C@@H](COP(=O)(O)OCC[N+](C)(C)C)[C@H](O)/C=C/CCCCCCCCCCCCCC. The number of phosphoric acid groups is 1. The highest BCUT2D eigenvalue weighted by Crippen LogP contribution is 2.43. The number of amides is 1. The summed E-state index contributed by atoms with van der Waals surface area (Å²) in [6.45, 7) is 4.78. The summed E-state index contributed by atoms with van der Waals surface area (Å²) in [5, 5.41) is 13.8. The molecule has 3 N–H and O–H groups in total. The molecule has 0 aliphatic rings. The van der Waals surface area contributed by atoms with Crippen molar-refractivity contribution < 1.29 is 32.9 Å². The zero-order valence-corrected chi connectivity index (χ0v) is 34.3. The van der Waals surface area contributed by atoms with Gasteiger partial charge in [-0.15, -0.1) is 0 Å². The molecule has 8 nitrogen and oxygen atoms in total. The highest BCUT2D eigenvalue weighted by molar-refractivity contribution is 7.47. The Hall–Kier alpha value is -1.02. The molecule has 296 valence electrons. The summed E-state index contributed by atoms with van der Waals surface area (Å²) >= 11 is 0. The largest absolute Gasteiger partial charge is 0.472 e. The van der Waals surface area contributed by atoms with E-state index in [4.69, 9.17) is 9.05 Å². The van der Waals surface area contributed by atoms with Crippen molar-refractivity contribution in [2.45, 2.75) is 193 Å². The molecule has 0 saturated carbocycles. The van der Waals surface area contributed by atoms with Crippen LogP contribution in [0.3, 0.4) is 0 Å². The van der Waals surface area contributed by atoms with Crippen LogP contribution in [-0.2, 0) is 18.4 Å². The van der Waals surface area contributed by atoms with Crippen molar-refractivity contribution in [2.24, 2.45) is 0 Å². The van der Waals surface area contributed by atoms with E-state index in [1.807, 2.05) is 27.2 Å². The van der Waals surface area contributed by atoms with Crippen LogP contribution < -0.4 is 5.32 Å². The Morgan fingerprint density at radius 3 is 1.54 bits per heavy atom. The maximum Gasteiger partial charge on any atom is 0.472 e. The Morgan fingerprint density at radius 2 is 1.08 bits per heavy atom. The first-order valence-corrected chi connectivity index (χ1v) is 22.2. The van der Waals surface area contributed by atoms with Gasteiger partial charge in [-0.1, -0.05) is 154 Å². The summed E-state index contributed by atoms with van der Waals surface area (Å²) in [5.74, 6) is -0.187. The molecule has 50 heavy (non-hydrogen) atoms. The lowest BCUT2D eigenvalue weighted by Gasteiger charge is -2.25. The molecule has 0 rings (SSSR count). The molecular weight excluding hydrogens is 647 g/mol. The summed E-state index contributed by atoms with van der Waals surface area (Å²) in [7, 11) is 1.57. The fraction of sp³-hybridized carbons (Fsp3) is 0.878. The quantitative estimate of drug-likeness (QED) is 0.0254. The van der Waals surface area contributed by atoms with Crippen molar-refractivity contribution in [3.8, 4) is 0 Å². The average molecular weight is 730 g/mol. The third kappa shape index (κ3) is 35.4. The molecule has 0 aliphatic heterocycles. The highest BCUT2D eigenvalue weighted by Gasteiger charge is 2.27. The van der Waals surface area contributed by atoms with Crippen LogP contribution in [0.2, 0.25) is 0 Å². The van der Waals surface area contributed by atoms with Crippen molar-refractivity contribution in [1.82, 2.24) is 5.32 Å². The van der Waals surface area contributed by atoms with Crippen LogP contribution in [0.4, 0.5) is 0 Å². The Kier molecular flexibility index (Phi) is 33.1. The second-order valence-electron chi connectivity index (χ2n) is 15.4. The molecule has 1 unspecified atom stereocenters. The van der Waals surface area contributed by atoms with E-state index in [1.54, 1.807) is 6.08 Å². The van der Waals surface area contributed by atoms with Gasteiger partial charge in [-0.3, -0.25) is 13.8 Å². The van der Waals surface area contributed by atoms with Gasteiger partial charge in [-0.2, -0.15) is 0 Å². The number of rotatable bonds is 37. The first kappa shape index (κ1) is 49.0. The fourth-order valence-corrected chi connectivity index (χ4v) is 6.53. The molecule has 0 saturated heterocycles. The molecule has 0 radical (unpaired) electrons. The summed E-state index contributed by atoms with van der Waals surface area (Å²) in [4.78, 5) is 23.0. The predicted octanol–water partition coefficient (Wildman–Crippen LogP) is 11.0. The monoisotopic (exact) mass is 730 g/mol. The Morgan fingerprint density at radius 1 is 0.660 bits per heavy atom. The molecule has 9 heteroatoms. The smallest absolute Gasteiger partial charge is 0.387 e. The van der Waals surface area contributed by atoms with E-state index in [1.165, 1.54) is 109 Å². The van der Waals surface area contributed by atoms with Crippen LogP contribution in [-0.4, -0.2) is 73.4 Å². The van der Waals surface area contributed by atoms with Gasteiger partial charge in [-0.25, -0.2) is 4.57 Å². The lowest BCUT2D eigenvalue weighted by molar-refractivity contribution is -0.870. The number of hydrogen-bond donors (Lipinski definition) is 3. The zero-order valence-electron chi connectivity index (χ0n) is 33.4. The van der Waals surface area contributed by atoms with Gasteiger partial charge in [0, 0.05) is 6.42 Å². The number of aliphatic hydroxyl groups is 1. The number of aliphatic hydroxyl groups excluding tert-OH is 1. The van der Waals surface area contributed by atoms with Crippen LogP contribution in [0, 0.1) is 0 Å². The van der Waals surface area contributed by atoms with E-state index >= 15 is 0 Å². The van der Waals surface area contributed by atoms with E-state index in [9.17, 15) is 19.4 Å². The van der Waals surface area contributed by atoms with Crippen LogP contribution in [0.25, 0.3) is 0 Å². The fourth-order valence-electron chi connectivity index (χ4n) is 5.80. The lowest BCUT2D eigenvalue weighted by Crippen LogP contribution is -2.45. The summed E-state index contributed by atoms with van der Waals surface area (Å²) < 4.78 is 23.5. The maximum absolute atomic E-state index is 12.8. The molecule has 0 fully saturated rings. The Bertz CT molecular complexity index is 876. The number of likely N-dealkylation sites (N-methyl/N-ethyl adjacent to an activating group) is 1. The van der Waals surface area contributed by atoms with Gasteiger partial charge < -0.3 is 19.8 Å². The third-order valence-corrected chi connectivity index (χ3v) is 10.1. The van der Waals surface area contributed by atoms with E-state index < -0.39 is 20.0 Å². The number of nitrogens with one attached hydrogen (secondary N) is 1. The maximum atomic E-state index is 12.8. The Labute approximate surface area is 309 Å². The van der Waals surface area contributed by atoms with Gasteiger partial charge in [-0.05, 0) is 44.9 Å². The molecular formula is C41H82N2O6P+. The van der Waals surface area contributed by atoms with E-state index in [-0.39, 0.29) is 19.1 Å². The van der Waals surface area contributed by atoms with Crippen molar-refractivity contribution in [3.05, 3.63) is 24.3 Å². The molecule has 0 bridgehead atoms. The van der Waals surface area contributed by atoms with E-state index in [2.05, 4.69) is 31.3 Å². The number of unbranched alkanes of at least 4 members (excludes halogenated alkanes) is 22. The molecule has 0 aromatic rings. The standard InChI is InChI=1S/C41H81N2O6P/c1-6-8-10-12-14-16-18-20-22-24-26-28-30-32-34-40(44)39(38-49-50(46,47)48-37-36-43(3,4)5)42-41(45)35-33-31-29-27-25-23-21-19-17-15-13-11-9-7-2/h19,21,32,34,39-40,44H,6-18,20,22-31,33,35-38H2,1-5H3,(H-,42,45,46,47)/p+1/b21-19-,34-32+/t39-,40+/m0/s1. The molecule has 0 heterocycles. The first-order valence-electron chi connectivity index (χ1n) is 20.7. The van der Waals surface area contributed by atoms with Crippen molar-refractivity contribution in [3.63, 3.8) is 0 Å². The normalized spacial score (nSPS) is 14.8. The minimum Gasteiger partial charge on any atom is -0.387 e. The second-order valence-corrected chi connectivity index (χ2v) is 16.8. The molecule has 0 aromatic carbocycles. The third-order valence-electron chi connectivity index (χ3n) is 9.17. The summed E-state index contributed by atoms with van der Waals surface area (Å²) in [6, 6.07) is -0.846. The topological polar surface area (TPSA) is 105 Å². The number of nitrogens with zero attached hydrogens (tertiary/aromatic N) is 1. The van der Waals surface area contributed by atoms with Gasteiger partial charge in [0.2, 0.25) is 5.91 Å². The van der Waals surface area contributed by atoms with Crippen molar-refractivity contribution in [2.75, 3.05) is 40.9 Å².